The molecule has 1 fully saturated rings. The van der Waals surface area contributed by atoms with Gasteiger partial charge in [-0.2, -0.15) is 13.2 Å². The number of nitrogens with zero attached hydrogens (tertiary/aromatic N) is 2. The van der Waals surface area contributed by atoms with Gasteiger partial charge in [0.2, 0.25) is 5.88 Å². The molecule has 1 N–H and O–H groups in total. The van der Waals surface area contributed by atoms with Crippen LogP contribution in [0.25, 0.3) is 10.9 Å². The van der Waals surface area contributed by atoms with Crippen LogP contribution in [0.2, 0.25) is 0 Å². The van der Waals surface area contributed by atoms with Crippen molar-refractivity contribution in [1.29, 1.82) is 0 Å². The Balaban J connectivity index is 1.39. The fourth-order valence-electron chi connectivity index (χ4n) is 2.86. The molecule has 26 heavy (non-hydrogen) atoms. The number of ether oxygens (including phenoxy) is 1. The van der Waals surface area contributed by atoms with Gasteiger partial charge in [0, 0.05) is 23.2 Å². The number of nitrogens with one attached hydrogen (secondary N) is 1. The summed E-state index contributed by atoms with van der Waals surface area (Å²) in [6.45, 7) is 0.595. The summed E-state index contributed by atoms with van der Waals surface area (Å²) in [5.41, 5.74) is 0.534. The van der Waals surface area contributed by atoms with Gasteiger partial charge < -0.3 is 14.6 Å². The second-order valence-electron chi connectivity index (χ2n) is 6.10. The molecule has 5 nitrogen and oxygen atoms in total. The maximum atomic E-state index is 12.7. The number of fused-ring (bicyclic) bond motifs is 1. The molecule has 3 heterocycles. The highest BCUT2D eigenvalue weighted by Gasteiger charge is 2.35. The van der Waals surface area contributed by atoms with Crippen LogP contribution in [0, 0.1) is 0 Å². The third-order valence-corrected chi connectivity index (χ3v) is 4.25. The molecule has 1 aliphatic rings. The first-order valence-electron chi connectivity index (χ1n) is 7.97. The Morgan fingerprint density at radius 2 is 1.96 bits per heavy atom. The molecule has 8 heteroatoms. The van der Waals surface area contributed by atoms with Crippen molar-refractivity contribution in [3.05, 3.63) is 59.9 Å². The van der Waals surface area contributed by atoms with E-state index in [0.29, 0.717) is 18.8 Å². The van der Waals surface area contributed by atoms with E-state index in [1.165, 1.54) is 0 Å². The van der Waals surface area contributed by atoms with Crippen molar-refractivity contribution in [3.8, 4) is 5.88 Å². The molecule has 1 aliphatic heterocycles. The van der Waals surface area contributed by atoms with E-state index in [9.17, 15) is 18.0 Å². The third-order valence-electron chi connectivity index (χ3n) is 4.25. The smallest absolute Gasteiger partial charge is 0.416 e. The van der Waals surface area contributed by atoms with Crippen LogP contribution in [0.1, 0.15) is 16.1 Å². The minimum Gasteiger partial charge on any atom is -0.471 e. The third kappa shape index (κ3) is 3.10. The molecule has 0 bridgehead atoms. The Bertz CT molecular complexity index is 928. The fraction of sp³-hybridized carbons (Fsp3) is 0.222. The lowest BCUT2D eigenvalue weighted by Crippen LogP contribution is -2.56. The highest BCUT2D eigenvalue weighted by molar-refractivity contribution is 5.98. The molecule has 0 saturated carbocycles. The molecule has 134 valence electrons. The summed E-state index contributed by atoms with van der Waals surface area (Å²) < 4.78 is 43.6. The lowest BCUT2D eigenvalue weighted by Gasteiger charge is -2.38. The average Bonchev–Trinajstić information content (AvgIpc) is 3.01. The van der Waals surface area contributed by atoms with Crippen LogP contribution in [-0.2, 0) is 6.18 Å². The monoisotopic (exact) mass is 361 g/mol. The summed E-state index contributed by atoms with van der Waals surface area (Å²) in [5.74, 6) is -0.263. The van der Waals surface area contributed by atoms with Crippen LogP contribution in [0.5, 0.6) is 5.88 Å². The minimum absolute atomic E-state index is 0.0949. The van der Waals surface area contributed by atoms with Crippen LogP contribution < -0.4 is 4.74 Å². The summed E-state index contributed by atoms with van der Waals surface area (Å²) in [6, 6.07) is 11.1. The van der Waals surface area contributed by atoms with E-state index in [0.717, 1.165) is 29.2 Å². The topological polar surface area (TPSA) is 58.2 Å². The highest BCUT2D eigenvalue weighted by Crippen LogP contribution is 2.31. The van der Waals surface area contributed by atoms with Crippen LogP contribution in [0.4, 0.5) is 13.2 Å². The van der Waals surface area contributed by atoms with Crippen molar-refractivity contribution in [3.63, 3.8) is 0 Å². The number of para-hydroxylation sites is 1. The first-order valence-corrected chi connectivity index (χ1v) is 7.97. The predicted octanol–water partition coefficient (Wildman–Crippen LogP) is 3.49. The highest BCUT2D eigenvalue weighted by atomic mass is 19.4. The fourth-order valence-corrected chi connectivity index (χ4v) is 2.86. The molecule has 0 unspecified atom stereocenters. The Morgan fingerprint density at radius 3 is 2.69 bits per heavy atom. The number of benzene rings is 1. The van der Waals surface area contributed by atoms with E-state index in [1.54, 1.807) is 11.0 Å². The normalized spacial score (nSPS) is 15.1. The van der Waals surface area contributed by atoms with E-state index < -0.39 is 11.7 Å². The Hall–Kier alpha value is -3.03. The summed E-state index contributed by atoms with van der Waals surface area (Å²) in [6.07, 6.45) is -3.76. The summed E-state index contributed by atoms with van der Waals surface area (Å²) in [5, 5.41) is 0.942. The number of rotatable bonds is 3. The van der Waals surface area contributed by atoms with E-state index >= 15 is 0 Å². The molecule has 0 radical (unpaired) electrons. The van der Waals surface area contributed by atoms with Gasteiger partial charge in [-0.05, 0) is 18.2 Å². The van der Waals surface area contributed by atoms with E-state index in [4.69, 9.17) is 4.74 Å². The van der Waals surface area contributed by atoms with Gasteiger partial charge >= 0.3 is 6.18 Å². The zero-order valence-corrected chi connectivity index (χ0v) is 13.5. The van der Waals surface area contributed by atoms with Gasteiger partial charge in [-0.25, -0.2) is 4.98 Å². The number of hydrogen-bond donors (Lipinski definition) is 1. The van der Waals surface area contributed by atoms with Crippen LogP contribution in [0.15, 0.2) is 48.7 Å². The SMILES string of the molecule is O=C(c1cc2ccccc2[nH]1)N1CC(Oc2cc(C(F)(F)F)ccn2)C1. The molecule has 0 spiro atoms. The van der Waals surface area contributed by atoms with Crippen LogP contribution in [-0.4, -0.2) is 40.0 Å². The maximum absolute atomic E-state index is 12.7. The second-order valence-corrected chi connectivity index (χ2v) is 6.10. The van der Waals surface area contributed by atoms with Crippen molar-refractivity contribution in [2.24, 2.45) is 0 Å². The average molecular weight is 361 g/mol. The molecule has 3 aromatic rings. The van der Waals surface area contributed by atoms with Crippen molar-refractivity contribution in [2.45, 2.75) is 12.3 Å². The van der Waals surface area contributed by atoms with Crippen LogP contribution >= 0.6 is 0 Å². The number of carbonyl (C=O) groups is 1. The molecule has 1 aromatic carbocycles. The second kappa shape index (κ2) is 6.05. The Morgan fingerprint density at radius 1 is 1.19 bits per heavy atom. The molecule has 0 atom stereocenters. The number of likely N-dealkylation sites (tertiary alicyclic amines) is 1. The van der Waals surface area contributed by atoms with Crippen LogP contribution in [0.3, 0.4) is 0 Å². The van der Waals surface area contributed by atoms with E-state index in [2.05, 4.69) is 9.97 Å². The number of carbonyl (C=O) groups excluding carboxylic acids is 1. The molecule has 1 amide bonds. The van der Waals surface area contributed by atoms with Crippen molar-refractivity contribution in [1.82, 2.24) is 14.9 Å². The quantitative estimate of drug-likeness (QED) is 0.777. The standard InChI is InChI=1S/C18H14F3N3O2/c19-18(20,21)12-5-6-22-16(8-12)26-13-9-24(10-13)17(25)15-7-11-3-1-2-4-14(11)23-15/h1-8,13,23H,9-10H2. The number of alkyl halides is 3. The molecular weight excluding hydrogens is 347 g/mol. The number of hydrogen-bond acceptors (Lipinski definition) is 3. The molecule has 0 aliphatic carbocycles. The van der Waals surface area contributed by atoms with Gasteiger partial charge in [0.05, 0.1) is 18.7 Å². The molecule has 1 saturated heterocycles. The van der Waals surface area contributed by atoms with Gasteiger partial charge in [0.1, 0.15) is 11.8 Å². The van der Waals surface area contributed by atoms with Gasteiger partial charge in [-0.1, -0.05) is 18.2 Å². The number of aromatic nitrogens is 2. The maximum Gasteiger partial charge on any atom is 0.416 e. The first kappa shape index (κ1) is 16.4. The number of aromatic amines is 1. The van der Waals surface area contributed by atoms with Gasteiger partial charge in [0.25, 0.3) is 5.91 Å². The lowest BCUT2D eigenvalue weighted by atomic mass is 10.1. The summed E-state index contributed by atoms with van der Waals surface area (Å²) >= 11 is 0. The predicted molar refractivity (Wildman–Crippen MR) is 87.9 cm³/mol. The van der Waals surface area contributed by atoms with Gasteiger partial charge in [0.15, 0.2) is 0 Å². The first-order chi connectivity index (χ1) is 12.4. The minimum atomic E-state index is -4.45. The molecule has 2 aromatic heterocycles. The summed E-state index contributed by atoms with van der Waals surface area (Å²) in [7, 11) is 0. The largest absolute Gasteiger partial charge is 0.471 e. The Kier molecular flexibility index (Phi) is 3.82. The molecule has 4 rings (SSSR count). The number of halogens is 3. The Labute approximate surface area is 146 Å². The summed E-state index contributed by atoms with van der Waals surface area (Å²) in [4.78, 5) is 20.9. The van der Waals surface area contributed by atoms with Gasteiger partial charge in [-0.15, -0.1) is 0 Å². The zero-order chi connectivity index (χ0) is 18.3. The van der Waals surface area contributed by atoms with Crippen molar-refractivity contribution >= 4 is 16.8 Å². The van der Waals surface area contributed by atoms with Crippen molar-refractivity contribution < 1.29 is 22.7 Å². The number of H-pyrrole nitrogens is 1. The van der Waals surface area contributed by atoms with Crippen molar-refractivity contribution in [2.75, 3.05) is 13.1 Å². The van der Waals surface area contributed by atoms with Gasteiger partial charge in [-0.3, -0.25) is 4.79 Å². The molecular formula is C18H14F3N3O2. The lowest BCUT2D eigenvalue weighted by molar-refractivity contribution is -0.137. The number of pyridine rings is 1. The van der Waals surface area contributed by atoms with E-state index in [-0.39, 0.29) is 17.9 Å². The zero-order valence-electron chi connectivity index (χ0n) is 13.5. The van der Waals surface area contributed by atoms with E-state index in [1.807, 2.05) is 24.3 Å². The number of amides is 1.